The molecule has 5 heteroatoms. The minimum atomic E-state index is -0.00116. The number of anilines is 1. The van der Waals surface area contributed by atoms with Gasteiger partial charge in [-0.2, -0.15) is 0 Å². The maximum absolute atomic E-state index is 12.6. The lowest BCUT2D eigenvalue weighted by atomic mass is 9.95. The number of hydrogen-bond donors (Lipinski definition) is 1. The Hall–Kier alpha value is -1.04. The molecule has 1 amide bonds. The normalized spacial score (nSPS) is 16.2. The van der Waals surface area contributed by atoms with Crippen molar-refractivity contribution in [2.24, 2.45) is 0 Å². The van der Waals surface area contributed by atoms with Gasteiger partial charge in [-0.15, -0.1) is 23.1 Å². The van der Waals surface area contributed by atoms with Crippen LogP contribution in [0, 0.1) is 6.92 Å². The number of carbonyl (C=O) groups excluding carboxylic acids is 1. The molecule has 1 N–H and O–H groups in total. The summed E-state index contributed by atoms with van der Waals surface area (Å²) < 4.78 is 1.06. The zero-order valence-electron chi connectivity index (χ0n) is 13.4. The standard InChI is InChI=1S/C19H18BrNOS2/c1-11-8-12(6-7-15(11)20)21-19(22)18-9-17-14(10-23-18)13-4-2-3-5-16(13)24-17/h6-9H,2-5,10H2,1H3,(H,21,22). The van der Waals surface area contributed by atoms with Crippen LogP contribution in [0.1, 0.15) is 39.3 Å². The van der Waals surface area contributed by atoms with Crippen molar-refractivity contribution in [2.75, 3.05) is 5.32 Å². The maximum Gasteiger partial charge on any atom is 0.262 e. The molecule has 1 aliphatic heterocycles. The van der Waals surface area contributed by atoms with Gasteiger partial charge in [-0.1, -0.05) is 15.9 Å². The highest BCUT2D eigenvalue weighted by molar-refractivity contribution is 9.10. The molecule has 0 radical (unpaired) electrons. The van der Waals surface area contributed by atoms with Crippen molar-refractivity contribution in [2.45, 2.75) is 38.4 Å². The first kappa shape index (κ1) is 16.4. The first-order valence-corrected chi connectivity index (χ1v) is 10.8. The fourth-order valence-corrected chi connectivity index (χ4v) is 6.07. The topological polar surface area (TPSA) is 29.1 Å². The van der Waals surface area contributed by atoms with E-state index in [0.29, 0.717) is 0 Å². The summed E-state index contributed by atoms with van der Waals surface area (Å²) in [6, 6.07) is 5.89. The van der Waals surface area contributed by atoms with E-state index in [1.165, 1.54) is 36.1 Å². The molecule has 0 unspecified atom stereocenters. The highest BCUT2D eigenvalue weighted by Gasteiger charge is 2.25. The molecule has 0 fully saturated rings. The molecule has 0 saturated carbocycles. The lowest BCUT2D eigenvalue weighted by Crippen LogP contribution is -2.14. The summed E-state index contributed by atoms with van der Waals surface area (Å²) in [5.41, 5.74) is 5.02. The van der Waals surface area contributed by atoms with Crippen molar-refractivity contribution < 1.29 is 4.79 Å². The first-order valence-electron chi connectivity index (χ1n) is 8.17. The van der Waals surface area contributed by atoms with E-state index in [0.717, 1.165) is 26.4 Å². The van der Waals surface area contributed by atoms with Gasteiger partial charge in [0.1, 0.15) is 0 Å². The average molecular weight is 420 g/mol. The highest BCUT2D eigenvalue weighted by Crippen LogP contribution is 2.42. The SMILES string of the molecule is Cc1cc(NC(=O)C2=Cc3sc4c(c3CS2)CCCC4)ccc1Br. The lowest BCUT2D eigenvalue weighted by Gasteiger charge is -2.16. The number of thioether (sulfide) groups is 1. The Morgan fingerprint density at radius 1 is 1.21 bits per heavy atom. The van der Waals surface area contributed by atoms with Crippen molar-refractivity contribution in [3.05, 3.63) is 54.0 Å². The molecule has 0 atom stereocenters. The van der Waals surface area contributed by atoms with Crippen LogP contribution >= 0.6 is 39.0 Å². The number of benzene rings is 1. The fourth-order valence-electron chi connectivity index (χ4n) is 3.28. The van der Waals surface area contributed by atoms with Crippen molar-refractivity contribution in [3.63, 3.8) is 0 Å². The van der Waals surface area contributed by atoms with E-state index in [1.807, 2.05) is 36.5 Å². The summed E-state index contributed by atoms with van der Waals surface area (Å²) in [6.07, 6.45) is 7.13. The summed E-state index contributed by atoms with van der Waals surface area (Å²) in [4.78, 5) is 16.3. The lowest BCUT2D eigenvalue weighted by molar-refractivity contribution is -0.112. The molecular weight excluding hydrogens is 402 g/mol. The largest absolute Gasteiger partial charge is 0.322 e. The number of carbonyl (C=O) groups is 1. The van der Waals surface area contributed by atoms with Gasteiger partial charge in [0, 0.05) is 25.7 Å². The molecule has 0 saturated heterocycles. The summed E-state index contributed by atoms with van der Waals surface area (Å²) in [5.74, 6) is 0.929. The maximum atomic E-state index is 12.6. The third-order valence-electron chi connectivity index (χ3n) is 4.59. The van der Waals surface area contributed by atoms with Gasteiger partial charge in [0.25, 0.3) is 5.91 Å². The van der Waals surface area contributed by atoms with E-state index < -0.39 is 0 Å². The predicted octanol–water partition coefficient (Wildman–Crippen LogP) is 5.92. The van der Waals surface area contributed by atoms with Crippen molar-refractivity contribution in [3.8, 4) is 0 Å². The molecule has 2 heterocycles. The van der Waals surface area contributed by atoms with Gasteiger partial charge in [0.2, 0.25) is 0 Å². The van der Waals surface area contributed by atoms with Crippen LogP contribution in [0.15, 0.2) is 27.6 Å². The van der Waals surface area contributed by atoms with Gasteiger partial charge in [-0.05, 0) is 73.6 Å². The predicted molar refractivity (Wildman–Crippen MR) is 108 cm³/mol. The van der Waals surface area contributed by atoms with Crippen molar-refractivity contribution in [1.29, 1.82) is 0 Å². The van der Waals surface area contributed by atoms with Crippen LogP contribution in [0.4, 0.5) is 5.69 Å². The minimum Gasteiger partial charge on any atom is -0.322 e. The van der Waals surface area contributed by atoms with E-state index in [9.17, 15) is 4.79 Å². The number of hydrogen-bond acceptors (Lipinski definition) is 3. The van der Waals surface area contributed by atoms with Crippen LogP contribution in [0.5, 0.6) is 0 Å². The number of fused-ring (bicyclic) bond motifs is 3. The Bertz CT molecular complexity index is 853. The monoisotopic (exact) mass is 419 g/mol. The van der Waals surface area contributed by atoms with E-state index in [4.69, 9.17) is 0 Å². The fraction of sp³-hybridized carbons (Fsp3) is 0.316. The average Bonchev–Trinajstić information content (AvgIpc) is 2.96. The molecule has 0 spiro atoms. The third-order valence-corrected chi connectivity index (χ3v) is 7.80. The second kappa shape index (κ2) is 6.70. The Morgan fingerprint density at radius 3 is 2.88 bits per heavy atom. The molecule has 2 aromatic rings. The zero-order chi connectivity index (χ0) is 16.7. The van der Waals surface area contributed by atoms with Gasteiger partial charge in [-0.25, -0.2) is 0 Å². The molecule has 0 bridgehead atoms. The summed E-state index contributed by atoms with van der Waals surface area (Å²) >= 11 is 7.05. The zero-order valence-corrected chi connectivity index (χ0v) is 16.7. The number of nitrogens with one attached hydrogen (secondary N) is 1. The Morgan fingerprint density at radius 2 is 2.04 bits per heavy atom. The van der Waals surface area contributed by atoms with Gasteiger partial charge in [0.15, 0.2) is 0 Å². The molecule has 24 heavy (non-hydrogen) atoms. The van der Waals surface area contributed by atoms with Crippen LogP contribution in [0.2, 0.25) is 0 Å². The van der Waals surface area contributed by atoms with Crippen LogP contribution in [0.25, 0.3) is 6.08 Å². The van der Waals surface area contributed by atoms with Crippen LogP contribution in [-0.4, -0.2) is 5.91 Å². The summed E-state index contributed by atoms with van der Waals surface area (Å²) in [6.45, 7) is 2.02. The van der Waals surface area contributed by atoms with E-state index in [2.05, 4.69) is 27.3 Å². The van der Waals surface area contributed by atoms with Gasteiger partial charge >= 0.3 is 0 Å². The number of halogens is 1. The number of thiophene rings is 1. The molecule has 4 rings (SSSR count). The molecule has 1 aromatic heterocycles. The molecule has 1 aromatic carbocycles. The Balaban J connectivity index is 1.57. The van der Waals surface area contributed by atoms with Gasteiger partial charge in [-0.3, -0.25) is 4.79 Å². The Kier molecular flexibility index (Phi) is 4.58. The first-order chi connectivity index (χ1) is 11.6. The van der Waals surface area contributed by atoms with Crippen molar-refractivity contribution >= 4 is 56.7 Å². The summed E-state index contributed by atoms with van der Waals surface area (Å²) in [5, 5.41) is 3.03. The molecule has 1 aliphatic carbocycles. The quantitative estimate of drug-likeness (QED) is 0.653. The van der Waals surface area contributed by atoms with Gasteiger partial charge in [0.05, 0.1) is 4.91 Å². The minimum absolute atomic E-state index is 0.00116. The number of rotatable bonds is 2. The second-order valence-corrected chi connectivity index (χ2v) is 9.28. The second-order valence-electron chi connectivity index (χ2n) is 6.27. The number of aryl methyl sites for hydroxylation is 2. The molecule has 124 valence electrons. The smallest absolute Gasteiger partial charge is 0.262 e. The van der Waals surface area contributed by atoms with Crippen molar-refractivity contribution in [1.82, 2.24) is 0 Å². The van der Waals surface area contributed by atoms with Crippen LogP contribution in [0.3, 0.4) is 0 Å². The van der Waals surface area contributed by atoms with Crippen LogP contribution < -0.4 is 5.32 Å². The van der Waals surface area contributed by atoms with Gasteiger partial charge < -0.3 is 5.32 Å². The van der Waals surface area contributed by atoms with E-state index >= 15 is 0 Å². The summed E-state index contributed by atoms with van der Waals surface area (Å²) in [7, 11) is 0. The molecular formula is C19H18BrNOS2. The Labute approximate surface area is 158 Å². The highest BCUT2D eigenvalue weighted by atomic mass is 79.9. The van der Waals surface area contributed by atoms with Crippen LogP contribution in [-0.2, 0) is 23.4 Å². The van der Waals surface area contributed by atoms with E-state index in [1.54, 1.807) is 22.2 Å². The molecule has 2 nitrogen and oxygen atoms in total. The third kappa shape index (κ3) is 3.09. The molecule has 2 aliphatic rings. The number of amides is 1. The van der Waals surface area contributed by atoms with E-state index in [-0.39, 0.29) is 5.91 Å².